The first-order chi connectivity index (χ1) is 10.3. The number of halogens is 1. The zero-order valence-corrected chi connectivity index (χ0v) is 13.6. The van der Waals surface area contributed by atoms with Crippen LogP contribution in [0.5, 0.6) is 0 Å². The molecule has 21 heavy (non-hydrogen) atoms. The van der Waals surface area contributed by atoms with E-state index in [0.29, 0.717) is 12.1 Å². The van der Waals surface area contributed by atoms with Crippen LogP contribution < -0.4 is 10.6 Å². The topological polar surface area (TPSA) is 24.1 Å². The highest BCUT2D eigenvalue weighted by atomic mass is 35.5. The van der Waals surface area contributed by atoms with E-state index >= 15 is 0 Å². The number of hydrogen-bond donors (Lipinski definition) is 2. The molecular formula is C18H27ClN2. The summed E-state index contributed by atoms with van der Waals surface area (Å²) in [5.41, 5.74) is 2.31. The maximum Gasteiger partial charge on any atom is 0.0639 e. The fourth-order valence-electron chi connectivity index (χ4n) is 3.68. The van der Waals surface area contributed by atoms with Crippen LogP contribution in [0.3, 0.4) is 0 Å². The predicted molar refractivity (Wildman–Crippen MR) is 92.4 cm³/mol. The quantitative estimate of drug-likeness (QED) is 0.731. The van der Waals surface area contributed by atoms with E-state index in [-0.39, 0.29) is 0 Å². The molecule has 0 atom stereocenters. The van der Waals surface area contributed by atoms with Crippen molar-refractivity contribution < 1.29 is 0 Å². The molecule has 0 spiro atoms. The molecule has 2 N–H and O–H groups in total. The van der Waals surface area contributed by atoms with E-state index in [4.69, 9.17) is 11.6 Å². The van der Waals surface area contributed by atoms with Gasteiger partial charge >= 0.3 is 0 Å². The van der Waals surface area contributed by atoms with Crippen LogP contribution in [0.15, 0.2) is 18.2 Å². The molecule has 0 bridgehead atoms. The Hall–Kier alpha value is -0.890. The number of rotatable bonds is 4. The highest BCUT2D eigenvalue weighted by Crippen LogP contribution is 2.30. The lowest BCUT2D eigenvalue weighted by Crippen LogP contribution is -2.23. The smallest absolute Gasteiger partial charge is 0.0639 e. The Balaban J connectivity index is 1.63. The highest BCUT2D eigenvalue weighted by molar-refractivity contribution is 6.33. The van der Waals surface area contributed by atoms with Crippen molar-refractivity contribution in [1.82, 2.24) is 0 Å². The van der Waals surface area contributed by atoms with Crippen molar-refractivity contribution in [3.05, 3.63) is 23.2 Å². The Morgan fingerprint density at radius 1 is 0.762 bits per heavy atom. The maximum absolute atomic E-state index is 6.37. The molecule has 0 heterocycles. The minimum Gasteiger partial charge on any atom is -0.382 e. The van der Waals surface area contributed by atoms with Crippen LogP contribution in [0, 0.1) is 0 Å². The van der Waals surface area contributed by atoms with Gasteiger partial charge in [0, 0.05) is 17.8 Å². The summed E-state index contributed by atoms with van der Waals surface area (Å²) in [6, 6.07) is 7.58. The average Bonchev–Trinajstić information content (AvgIpc) is 2.53. The Morgan fingerprint density at radius 3 is 1.95 bits per heavy atom. The molecule has 3 heteroatoms. The van der Waals surface area contributed by atoms with Gasteiger partial charge in [-0.05, 0) is 43.9 Å². The molecule has 2 aliphatic rings. The molecule has 0 unspecified atom stereocenters. The van der Waals surface area contributed by atoms with Crippen LogP contribution in [0.1, 0.15) is 64.2 Å². The van der Waals surface area contributed by atoms with Gasteiger partial charge in [-0.25, -0.2) is 0 Å². The number of benzene rings is 1. The standard InChI is InChI=1S/C18H27ClN2/c19-17-12-11-16(20-14-7-3-1-4-8-14)13-18(17)21-15-9-5-2-6-10-15/h11-15,20-21H,1-10H2. The first-order valence-electron chi connectivity index (χ1n) is 8.64. The minimum atomic E-state index is 0.598. The molecule has 0 amide bonds. The lowest BCUT2D eigenvalue weighted by atomic mass is 9.95. The van der Waals surface area contributed by atoms with Crippen LogP contribution in [-0.4, -0.2) is 12.1 Å². The molecule has 1 aromatic carbocycles. The van der Waals surface area contributed by atoms with E-state index in [1.54, 1.807) is 0 Å². The van der Waals surface area contributed by atoms with Gasteiger partial charge in [0.05, 0.1) is 10.7 Å². The Morgan fingerprint density at radius 2 is 1.33 bits per heavy atom. The van der Waals surface area contributed by atoms with Gasteiger partial charge in [0.2, 0.25) is 0 Å². The van der Waals surface area contributed by atoms with Crippen molar-refractivity contribution in [2.75, 3.05) is 10.6 Å². The second-order valence-electron chi connectivity index (χ2n) is 6.65. The monoisotopic (exact) mass is 306 g/mol. The summed E-state index contributed by atoms with van der Waals surface area (Å²) in [7, 11) is 0. The molecule has 2 aliphatic carbocycles. The molecule has 0 aromatic heterocycles. The number of hydrogen-bond acceptors (Lipinski definition) is 2. The summed E-state index contributed by atoms with van der Waals surface area (Å²) in [6.07, 6.45) is 13.3. The summed E-state index contributed by atoms with van der Waals surface area (Å²) in [4.78, 5) is 0. The van der Waals surface area contributed by atoms with Gasteiger partial charge in [0.25, 0.3) is 0 Å². The van der Waals surface area contributed by atoms with Crippen molar-refractivity contribution in [2.24, 2.45) is 0 Å². The van der Waals surface area contributed by atoms with E-state index in [9.17, 15) is 0 Å². The van der Waals surface area contributed by atoms with E-state index < -0.39 is 0 Å². The predicted octanol–water partition coefficient (Wildman–Crippen LogP) is 5.83. The van der Waals surface area contributed by atoms with Gasteiger partial charge in [-0.2, -0.15) is 0 Å². The molecule has 2 fully saturated rings. The summed E-state index contributed by atoms with van der Waals surface area (Å²) in [6.45, 7) is 0. The lowest BCUT2D eigenvalue weighted by Gasteiger charge is -2.26. The van der Waals surface area contributed by atoms with Crippen LogP contribution in [0.4, 0.5) is 11.4 Å². The molecule has 1 aromatic rings. The van der Waals surface area contributed by atoms with Crippen molar-refractivity contribution in [3.63, 3.8) is 0 Å². The third-order valence-electron chi connectivity index (χ3n) is 4.91. The molecule has 0 saturated heterocycles. The third-order valence-corrected chi connectivity index (χ3v) is 5.24. The maximum atomic E-state index is 6.37. The second-order valence-corrected chi connectivity index (χ2v) is 7.06. The van der Waals surface area contributed by atoms with Crippen molar-refractivity contribution in [2.45, 2.75) is 76.3 Å². The summed E-state index contributed by atoms with van der Waals surface area (Å²) >= 11 is 6.37. The van der Waals surface area contributed by atoms with Crippen molar-refractivity contribution in [1.29, 1.82) is 0 Å². The van der Waals surface area contributed by atoms with Gasteiger partial charge in [-0.15, -0.1) is 0 Å². The Kier molecular flexibility index (Phi) is 5.29. The van der Waals surface area contributed by atoms with Gasteiger partial charge < -0.3 is 10.6 Å². The van der Waals surface area contributed by atoms with Crippen LogP contribution in [-0.2, 0) is 0 Å². The fourth-order valence-corrected chi connectivity index (χ4v) is 3.85. The Labute approximate surface area is 133 Å². The largest absolute Gasteiger partial charge is 0.382 e. The first kappa shape index (κ1) is 15.0. The first-order valence-corrected chi connectivity index (χ1v) is 9.02. The molecule has 0 radical (unpaired) electrons. The zero-order valence-electron chi connectivity index (χ0n) is 12.8. The van der Waals surface area contributed by atoms with Gasteiger partial charge in [0.1, 0.15) is 0 Å². The number of anilines is 2. The zero-order chi connectivity index (χ0) is 14.5. The van der Waals surface area contributed by atoms with Crippen LogP contribution in [0.2, 0.25) is 5.02 Å². The van der Waals surface area contributed by atoms with Gasteiger partial charge in [0.15, 0.2) is 0 Å². The SMILES string of the molecule is Clc1ccc(NC2CCCCC2)cc1NC1CCCCC1. The van der Waals surface area contributed by atoms with Gasteiger partial charge in [-0.3, -0.25) is 0 Å². The molecule has 0 aliphatic heterocycles. The molecule has 2 nitrogen and oxygen atoms in total. The highest BCUT2D eigenvalue weighted by Gasteiger charge is 2.16. The normalized spacial score (nSPS) is 21.2. The average molecular weight is 307 g/mol. The van der Waals surface area contributed by atoms with E-state index in [1.165, 1.54) is 69.9 Å². The molecule has 2 saturated carbocycles. The van der Waals surface area contributed by atoms with Crippen LogP contribution in [0.25, 0.3) is 0 Å². The van der Waals surface area contributed by atoms with E-state index in [0.717, 1.165) is 10.7 Å². The number of nitrogens with one attached hydrogen (secondary N) is 2. The van der Waals surface area contributed by atoms with Crippen LogP contribution >= 0.6 is 11.6 Å². The van der Waals surface area contributed by atoms with Gasteiger partial charge in [-0.1, -0.05) is 50.1 Å². The fraction of sp³-hybridized carbons (Fsp3) is 0.667. The molecule has 116 valence electrons. The Bertz CT molecular complexity index is 449. The lowest BCUT2D eigenvalue weighted by molar-refractivity contribution is 0.462. The molecular weight excluding hydrogens is 280 g/mol. The molecule has 3 rings (SSSR count). The summed E-state index contributed by atoms with van der Waals surface area (Å²) < 4.78 is 0. The summed E-state index contributed by atoms with van der Waals surface area (Å²) in [5, 5.41) is 8.18. The second kappa shape index (κ2) is 7.40. The van der Waals surface area contributed by atoms with E-state index in [2.05, 4.69) is 22.8 Å². The summed E-state index contributed by atoms with van der Waals surface area (Å²) in [5.74, 6) is 0. The van der Waals surface area contributed by atoms with Crippen molar-refractivity contribution in [3.8, 4) is 0 Å². The van der Waals surface area contributed by atoms with E-state index in [1.807, 2.05) is 6.07 Å². The van der Waals surface area contributed by atoms with Crippen molar-refractivity contribution >= 4 is 23.0 Å². The minimum absolute atomic E-state index is 0.598. The third kappa shape index (κ3) is 4.29.